The topological polar surface area (TPSA) is 52.8 Å². The summed E-state index contributed by atoms with van der Waals surface area (Å²) in [7, 11) is 0. The molecule has 136 valence electrons. The molecule has 0 spiro atoms. The second-order valence-corrected chi connectivity index (χ2v) is 8.06. The second-order valence-electron chi connectivity index (χ2n) is 6.23. The van der Waals surface area contributed by atoms with Crippen LogP contribution in [0.4, 0.5) is 0 Å². The van der Waals surface area contributed by atoms with Gasteiger partial charge in [0.15, 0.2) is 4.66 Å². The summed E-state index contributed by atoms with van der Waals surface area (Å²) in [6.07, 6.45) is 1.95. The molecule has 0 fully saturated rings. The number of halogens is 2. The maximum atomic E-state index is 6.12. The lowest BCUT2D eigenvalue weighted by atomic mass is 10.1. The van der Waals surface area contributed by atoms with E-state index in [9.17, 15) is 0 Å². The van der Waals surface area contributed by atoms with Crippen molar-refractivity contribution < 1.29 is 9.11 Å². The summed E-state index contributed by atoms with van der Waals surface area (Å²) in [6.45, 7) is 1.91. The van der Waals surface area contributed by atoms with Crippen molar-refractivity contribution in [3.8, 4) is 0 Å². The molecule has 5 nitrogen and oxygen atoms in total. The number of benzene rings is 2. The fourth-order valence-electron chi connectivity index (χ4n) is 3.03. The van der Waals surface area contributed by atoms with Gasteiger partial charge in [0.2, 0.25) is 0 Å². The molecule has 1 aromatic heterocycles. The molecule has 2 aliphatic heterocycles. The maximum Gasteiger partial charge on any atom is 0.389 e. The van der Waals surface area contributed by atoms with Gasteiger partial charge in [-0.3, -0.25) is 0 Å². The van der Waals surface area contributed by atoms with Crippen LogP contribution in [-0.4, -0.2) is 16.7 Å². The van der Waals surface area contributed by atoms with Crippen molar-refractivity contribution in [2.24, 2.45) is 10.2 Å². The van der Waals surface area contributed by atoms with Crippen LogP contribution in [0.15, 0.2) is 64.8 Å². The van der Waals surface area contributed by atoms with Crippen LogP contribution in [0.2, 0.25) is 10.0 Å². The average Bonchev–Trinajstić information content (AvgIpc) is 3.35. The average molecular weight is 427 g/mol. The van der Waals surface area contributed by atoms with E-state index in [2.05, 4.69) is 10.2 Å². The van der Waals surface area contributed by atoms with Gasteiger partial charge in [-0.05, 0) is 41.7 Å². The van der Waals surface area contributed by atoms with Gasteiger partial charge in [0, 0.05) is 10.0 Å². The molecule has 0 radical (unpaired) electrons. The molecule has 0 saturated carbocycles. The van der Waals surface area contributed by atoms with Gasteiger partial charge in [0.25, 0.3) is 0 Å². The lowest BCUT2D eigenvalue weighted by Crippen LogP contribution is -2.54. The third kappa shape index (κ3) is 2.99. The maximum absolute atomic E-state index is 6.12. The molecule has 0 saturated heterocycles. The molecule has 0 bridgehead atoms. The molecular weight excluding hydrogens is 415 g/mol. The first-order valence-electron chi connectivity index (χ1n) is 8.43. The molecule has 0 amide bonds. The van der Waals surface area contributed by atoms with E-state index in [1.54, 1.807) is 10.7 Å². The minimum Gasteiger partial charge on any atom is -0.212 e. The Morgan fingerprint density at radius 2 is 1.71 bits per heavy atom. The third-order valence-corrected chi connectivity index (χ3v) is 5.69. The first-order chi connectivity index (χ1) is 13.6. The fraction of sp³-hybridized carbons (Fsp3) is 0.0500. The zero-order valence-electron chi connectivity index (χ0n) is 14.6. The third-order valence-electron chi connectivity index (χ3n) is 4.32. The summed E-state index contributed by atoms with van der Waals surface area (Å²) >= 11 is 13.7. The van der Waals surface area contributed by atoms with Gasteiger partial charge in [-0.15, -0.1) is 0 Å². The van der Waals surface area contributed by atoms with Crippen molar-refractivity contribution >= 4 is 57.5 Å². The van der Waals surface area contributed by atoms with E-state index in [0.29, 0.717) is 21.6 Å². The number of allylic oxidation sites excluding steroid dienone is 1. The highest BCUT2D eigenvalue weighted by Crippen LogP contribution is 2.27. The molecule has 0 aliphatic carbocycles. The second kappa shape index (κ2) is 6.74. The predicted molar refractivity (Wildman–Crippen MR) is 110 cm³/mol. The van der Waals surface area contributed by atoms with E-state index in [1.165, 1.54) is 11.3 Å². The van der Waals surface area contributed by atoms with E-state index < -0.39 is 0 Å². The van der Waals surface area contributed by atoms with Crippen LogP contribution in [0.5, 0.6) is 0 Å². The minimum absolute atomic E-state index is 0.560. The highest BCUT2D eigenvalue weighted by molar-refractivity contribution is 7.06. The molecule has 0 atom stereocenters. The Balaban J connectivity index is 1.61. The van der Waals surface area contributed by atoms with Gasteiger partial charge in [-0.25, -0.2) is 4.42 Å². The van der Waals surface area contributed by atoms with Crippen molar-refractivity contribution in [1.82, 2.24) is 5.10 Å². The Hall–Kier alpha value is -2.67. The van der Waals surface area contributed by atoms with Crippen molar-refractivity contribution in [1.29, 1.82) is 0 Å². The van der Waals surface area contributed by atoms with Crippen LogP contribution < -0.4 is 14.1 Å². The quantitative estimate of drug-likeness (QED) is 0.459. The highest BCUT2D eigenvalue weighted by Gasteiger charge is 2.32. The van der Waals surface area contributed by atoms with Gasteiger partial charge in [-0.1, -0.05) is 51.2 Å². The molecule has 2 aliphatic rings. The lowest BCUT2D eigenvalue weighted by molar-refractivity contribution is -0.627. The molecular formula is C20H12Cl2N4OS+2. The molecule has 0 N–H and O–H groups in total. The molecule has 3 aromatic rings. The Morgan fingerprint density at radius 1 is 0.964 bits per heavy atom. The normalized spacial score (nSPS) is 17.0. The van der Waals surface area contributed by atoms with Crippen molar-refractivity contribution in [2.45, 2.75) is 6.92 Å². The van der Waals surface area contributed by atoms with Gasteiger partial charge >= 0.3 is 22.2 Å². The number of fused-ring (bicyclic) bond motifs is 1. The number of carbonyl (C=O) groups excluding carboxylic acids is 1. The van der Waals surface area contributed by atoms with E-state index in [-0.39, 0.29) is 0 Å². The lowest BCUT2D eigenvalue weighted by Gasteiger charge is -1.94. The Morgan fingerprint density at radius 3 is 2.46 bits per heavy atom. The van der Waals surface area contributed by atoms with E-state index in [4.69, 9.17) is 32.7 Å². The minimum atomic E-state index is 0.560. The molecule has 0 unspecified atom stereocenters. The van der Waals surface area contributed by atoms with Crippen molar-refractivity contribution in [3.63, 3.8) is 0 Å². The van der Waals surface area contributed by atoms with Crippen molar-refractivity contribution in [2.75, 3.05) is 0 Å². The van der Waals surface area contributed by atoms with Gasteiger partial charge in [0.05, 0.1) is 29.2 Å². The Kier molecular flexibility index (Phi) is 4.19. The summed E-state index contributed by atoms with van der Waals surface area (Å²) in [6, 6.07) is 15.2. The zero-order chi connectivity index (χ0) is 19.3. The summed E-state index contributed by atoms with van der Waals surface area (Å²) in [5, 5.41) is 14.4. The van der Waals surface area contributed by atoms with E-state index >= 15 is 0 Å². The van der Waals surface area contributed by atoms with Crippen molar-refractivity contribution in [3.05, 3.63) is 85.2 Å². The number of nitrogens with zero attached hydrogens (tertiary/aromatic N) is 4. The van der Waals surface area contributed by atoms with Gasteiger partial charge in [-0.2, -0.15) is 0 Å². The number of aromatic nitrogens is 2. The molecule has 2 aromatic carbocycles. The summed E-state index contributed by atoms with van der Waals surface area (Å²) in [5.74, 6) is 2.16. The van der Waals surface area contributed by atoms with Crippen LogP contribution >= 0.6 is 34.5 Å². The summed E-state index contributed by atoms with van der Waals surface area (Å²) < 4.78 is 8.53. The predicted octanol–water partition coefficient (Wildman–Crippen LogP) is 2.91. The van der Waals surface area contributed by atoms with E-state index in [1.807, 2.05) is 55.5 Å². The van der Waals surface area contributed by atoms with E-state index in [0.717, 1.165) is 31.9 Å². The first-order valence-corrected chi connectivity index (χ1v) is 10.0. The number of ketones is 1. The molecule has 3 heterocycles. The Labute approximate surface area is 173 Å². The Bertz CT molecular complexity index is 1320. The van der Waals surface area contributed by atoms with Crippen LogP contribution in [-0.2, 0) is 4.42 Å². The number of rotatable bonds is 2. The standard InChI is InChI=1S/C20H12Cl2N4OS/c1-11-16(10-17(27-11)13-7-14(21)9-15(22)8-13)19-25-26-18(23-24-20(26)28-19)12-5-3-2-4-6-12/h2-10H,1H3/q+2. The summed E-state index contributed by atoms with van der Waals surface area (Å²) in [4.78, 5) is 0.724. The van der Waals surface area contributed by atoms with Gasteiger partial charge < -0.3 is 0 Å². The largest absolute Gasteiger partial charge is 0.389 e. The monoisotopic (exact) mass is 426 g/mol. The molecule has 5 rings (SSSR count). The van der Waals surface area contributed by atoms with Crippen LogP contribution in [0, 0.1) is 0 Å². The number of hydrogen-bond acceptors (Lipinski definition) is 4. The number of hydrogen-bond donors (Lipinski definition) is 0. The summed E-state index contributed by atoms with van der Waals surface area (Å²) in [5.41, 5.74) is 2.69. The molecule has 8 heteroatoms. The van der Waals surface area contributed by atoms with Gasteiger partial charge in [0.1, 0.15) is 10.7 Å². The van der Waals surface area contributed by atoms with Crippen LogP contribution in [0.1, 0.15) is 18.1 Å². The SMILES string of the molecule is CC1=[O+]C(c2cc(Cl)cc(Cl)c2)=CC1=c1n[n+]2c(s1)=NN=C2c1ccccc1. The molecule has 28 heavy (non-hydrogen) atoms. The highest BCUT2D eigenvalue weighted by atomic mass is 35.5. The smallest absolute Gasteiger partial charge is 0.212 e. The zero-order valence-corrected chi connectivity index (χ0v) is 16.9. The first kappa shape index (κ1) is 17.4. The van der Waals surface area contributed by atoms with Crippen LogP contribution in [0.3, 0.4) is 0 Å². The fourth-order valence-corrected chi connectivity index (χ4v) is 4.46. The van der Waals surface area contributed by atoms with Crippen LogP contribution in [0.25, 0.3) is 11.3 Å².